The van der Waals surface area contributed by atoms with Crippen LogP contribution in [0.25, 0.3) is 111 Å². The van der Waals surface area contributed by atoms with Gasteiger partial charge in [0.25, 0.3) is 0 Å². The summed E-state index contributed by atoms with van der Waals surface area (Å²) in [4.78, 5) is 4.76. The van der Waals surface area contributed by atoms with E-state index in [1.54, 1.807) is 6.07 Å². The van der Waals surface area contributed by atoms with E-state index in [9.17, 15) is 10.0 Å². The van der Waals surface area contributed by atoms with E-state index in [2.05, 4.69) is 530 Å². The number of anilines is 6. The Labute approximate surface area is 811 Å². The first-order chi connectivity index (χ1) is 66.7. The van der Waals surface area contributed by atoms with Crippen molar-refractivity contribution in [1.82, 2.24) is 9.13 Å². The van der Waals surface area contributed by atoms with Gasteiger partial charge in [-0.2, -0.15) is 0 Å². The van der Waals surface area contributed by atoms with Gasteiger partial charge in [-0.05, 0) is 243 Å². The third-order valence-corrected chi connectivity index (χ3v) is 29.8. The molecule has 0 radical (unpaired) electrons. The molecule has 4 aliphatic rings. The Morgan fingerprint density at radius 3 is 0.920 bits per heavy atom. The Balaban J connectivity index is 0.000000129. The number of hydrogen-bond acceptors (Lipinski definition) is 4. The molecule has 20 aromatic carbocycles. The van der Waals surface area contributed by atoms with E-state index in [0.717, 1.165) is 60.4 Å². The van der Waals surface area contributed by atoms with Gasteiger partial charge in [-0.15, -0.1) is 0 Å². The fourth-order valence-corrected chi connectivity index (χ4v) is 23.3. The summed E-state index contributed by atoms with van der Waals surface area (Å²) in [5, 5.41) is 24.4. The molecule has 2 aliphatic heterocycles. The first-order valence-corrected chi connectivity index (χ1v) is 47.7. The molecule has 6 nitrogen and oxygen atoms in total. The Kier molecular flexibility index (Phi) is 21.3. The van der Waals surface area contributed by atoms with Crippen molar-refractivity contribution in [3.63, 3.8) is 0 Å². The second kappa shape index (κ2) is 34.2. The highest BCUT2D eigenvalue weighted by molar-refractivity contribution is 9.10. The van der Waals surface area contributed by atoms with Crippen LogP contribution in [0.2, 0.25) is 0 Å². The zero-order valence-corrected chi connectivity index (χ0v) is 77.4. The van der Waals surface area contributed by atoms with Crippen LogP contribution in [-0.4, -0.2) is 26.3 Å². The van der Waals surface area contributed by atoms with Crippen molar-refractivity contribution in [3.8, 4) is 67.0 Å². The molecule has 4 heterocycles. The van der Waals surface area contributed by atoms with Gasteiger partial charge in [-0.1, -0.05) is 421 Å². The minimum atomic E-state index is -1.51. The van der Waals surface area contributed by atoms with Crippen LogP contribution in [0.3, 0.4) is 0 Å². The van der Waals surface area contributed by atoms with Gasteiger partial charge < -0.3 is 29.0 Å². The predicted molar refractivity (Wildman–Crippen MR) is 579 cm³/mol. The molecule has 26 rings (SSSR count). The van der Waals surface area contributed by atoms with Crippen LogP contribution in [0.4, 0.5) is 34.1 Å². The van der Waals surface area contributed by atoms with Crippen molar-refractivity contribution in [3.05, 3.63) is 557 Å². The van der Waals surface area contributed by atoms with Crippen LogP contribution in [0.15, 0.2) is 490 Å². The molecular weight excluding hydrogens is 1730 g/mol. The third-order valence-electron chi connectivity index (χ3n) is 29.3. The molecule has 0 amide bonds. The van der Waals surface area contributed by atoms with Gasteiger partial charge in [0.15, 0.2) is 0 Å². The van der Waals surface area contributed by atoms with Gasteiger partial charge in [-0.3, -0.25) is 0 Å². The number of fused-ring (bicyclic) bond motifs is 16. The van der Waals surface area contributed by atoms with E-state index in [0.29, 0.717) is 5.46 Å². The number of benzene rings is 20. The smallest absolute Gasteiger partial charge is 0.423 e. The molecule has 0 spiro atoms. The standard InChI is InChI=1S/C64H46N2.C33H26BrN.C31H22BNO2.CH4.H2/c1-63(2)56-25-13-12-23-52(56)53-39-38-51(42-59(53)63)65(49-34-29-44(30-35-49)43-17-6-3-7-18-43)50-36-31-45(32-37-50)46-33-40-60-55(41-46)54-24-16-27-58-62(54)66(60)61-28-15-14-26-57(61)64(58,47-19-8-4-9-20-47)48-21-10-5-11-22-48;1-33(2)31-11-7-6-10-29(31)30-21-20-28(22-32(30)33)35(27-18-14-25(34)15-19-27)26-16-12-24(13-17-26)23-8-4-3-5-9-23;34-32(35)23-18-19-28-25(20-23)24-14-9-16-27-30(24)33(28)29-17-8-7-15-26(29)31(27,21-10-3-1-4-11-21)22-12-5-2-6-13-22;;/h3-42H,1-2H3;3-22H,1-2H3;1-20,34-35H;1H4;1H. The van der Waals surface area contributed by atoms with Gasteiger partial charge in [0.1, 0.15) is 0 Å². The Hall–Kier alpha value is -15.9. The predicted octanol–water partition coefficient (Wildman–Crippen LogP) is 32.5. The van der Waals surface area contributed by atoms with Crippen LogP contribution in [-0.2, 0) is 21.7 Å². The molecule has 658 valence electrons. The lowest BCUT2D eigenvalue weighted by Crippen LogP contribution is -2.35. The van der Waals surface area contributed by atoms with Gasteiger partial charge >= 0.3 is 7.12 Å². The highest BCUT2D eigenvalue weighted by Gasteiger charge is 2.48. The average molecular weight is 1830 g/mol. The quantitative estimate of drug-likeness (QED) is 0.107. The Morgan fingerprint density at radius 1 is 0.241 bits per heavy atom. The summed E-state index contributed by atoms with van der Waals surface area (Å²) >= 11 is 3.60. The van der Waals surface area contributed by atoms with Crippen molar-refractivity contribution >= 4 is 106 Å². The number of hydrogen-bond donors (Lipinski definition) is 2. The van der Waals surface area contributed by atoms with Crippen LogP contribution < -0.4 is 15.3 Å². The minimum Gasteiger partial charge on any atom is -0.423 e. The number of aromatic nitrogens is 2. The lowest BCUT2D eigenvalue weighted by atomic mass is 9.63. The number of para-hydroxylation sites is 4. The number of rotatable bonds is 14. The lowest BCUT2D eigenvalue weighted by Gasteiger charge is -2.41. The van der Waals surface area contributed by atoms with Crippen molar-refractivity contribution < 1.29 is 11.5 Å². The van der Waals surface area contributed by atoms with Crippen molar-refractivity contribution in [2.45, 2.75) is 56.8 Å². The zero-order valence-electron chi connectivity index (χ0n) is 75.8. The first kappa shape index (κ1) is 85.3. The maximum Gasteiger partial charge on any atom is 0.488 e. The highest BCUT2D eigenvalue weighted by Crippen LogP contribution is 2.59. The molecular formula is C129H100BBrN4O2. The SMILES string of the molecule is C.CC1(C)c2ccccc2-c2ccc(N(c3ccc(-c4ccccc4)cc3)c3ccc(-c4ccc5c(c4)c4cccc6c4n5-c4ccccc4C6(c4ccccc4)c4ccccc4)cc3)cc21.CC1(C)c2ccccc2-c2ccc(N(c3ccc(Br)cc3)c3ccc(-c4ccccc4)cc3)cc21.OB(O)c1ccc2c(c1)c1cccc3c1n2-c1ccccc1C3(c1ccccc1)c1ccccc1.[HH]. The van der Waals surface area contributed by atoms with Gasteiger partial charge in [-0.25, -0.2) is 0 Å². The molecule has 2 aromatic heterocycles. The molecule has 0 bridgehead atoms. The monoisotopic (exact) mass is 1830 g/mol. The van der Waals surface area contributed by atoms with E-state index in [4.69, 9.17) is 0 Å². The maximum absolute atomic E-state index is 9.87. The van der Waals surface area contributed by atoms with Crippen molar-refractivity contribution in [2.24, 2.45) is 0 Å². The molecule has 137 heavy (non-hydrogen) atoms. The molecule has 2 N–H and O–H groups in total. The second-order valence-corrected chi connectivity index (χ2v) is 38.2. The Morgan fingerprint density at radius 2 is 0.533 bits per heavy atom. The summed E-state index contributed by atoms with van der Waals surface area (Å²) in [6, 6.07) is 176. The van der Waals surface area contributed by atoms with E-state index < -0.39 is 17.9 Å². The topological polar surface area (TPSA) is 56.8 Å². The van der Waals surface area contributed by atoms with E-state index >= 15 is 0 Å². The lowest BCUT2D eigenvalue weighted by molar-refractivity contribution is 0.426. The summed E-state index contributed by atoms with van der Waals surface area (Å²) in [5.74, 6) is 0. The van der Waals surface area contributed by atoms with Gasteiger partial charge in [0, 0.05) is 72.4 Å². The van der Waals surface area contributed by atoms with Crippen molar-refractivity contribution in [1.29, 1.82) is 0 Å². The van der Waals surface area contributed by atoms with Crippen LogP contribution in [0.5, 0.6) is 0 Å². The van der Waals surface area contributed by atoms with Crippen LogP contribution in [0.1, 0.15) is 103 Å². The largest absolute Gasteiger partial charge is 0.488 e. The summed E-state index contributed by atoms with van der Waals surface area (Å²) in [6.07, 6.45) is 0. The minimum absolute atomic E-state index is 0. The van der Waals surface area contributed by atoms with E-state index in [-0.39, 0.29) is 19.7 Å². The average Bonchev–Trinajstić information content (AvgIpc) is 1.47. The number of halogens is 1. The molecule has 0 atom stereocenters. The molecule has 8 heteroatoms. The maximum atomic E-state index is 9.87. The molecule has 22 aromatic rings. The summed E-state index contributed by atoms with van der Waals surface area (Å²) in [5.41, 5.74) is 41.3. The second-order valence-electron chi connectivity index (χ2n) is 37.3. The molecule has 0 saturated carbocycles. The summed E-state index contributed by atoms with van der Waals surface area (Å²) in [7, 11) is -1.51. The fourth-order valence-electron chi connectivity index (χ4n) is 23.0. The van der Waals surface area contributed by atoms with Crippen molar-refractivity contribution in [2.75, 3.05) is 9.80 Å². The van der Waals surface area contributed by atoms with Crippen LogP contribution >= 0.6 is 15.9 Å². The molecule has 2 aliphatic carbocycles. The highest BCUT2D eigenvalue weighted by atomic mass is 79.9. The van der Waals surface area contributed by atoms with Crippen LogP contribution in [0, 0.1) is 0 Å². The third kappa shape index (κ3) is 13.8. The number of nitrogens with zero attached hydrogens (tertiary/aromatic N) is 4. The summed E-state index contributed by atoms with van der Waals surface area (Å²) < 4.78 is 5.93. The molecule has 0 unspecified atom stereocenters. The van der Waals surface area contributed by atoms with Gasteiger partial charge in [0.05, 0.1) is 44.3 Å². The zero-order chi connectivity index (χ0) is 91.5. The fraction of sp³-hybridized carbons (Fsp3) is 0.0698. The van der Waals surface area contributed by atoms with E-state index in [1.807, 2.05) is 12.1 Å². The first-order valence-electron chi connectivity index (χ1n) is 46.9. The van der Waals surface area contributed by atoms with E-state index in [1.165, 1.54) is 156 Å². The Bertz CT molecular complexity index is 8280. The summed E-state index contributed by atoms with van der Waals surface area (Å²) in [6.45, 7) is 9.38. The molecule has 0 fully saturated rings. The van der Waals surface area contributed by atoms with Gasteiger partial charge in [0.2, 0.25) is 0 Å². The molecule has 0 saturated heterocycles. The normalized spacial score (nSPS) is 13.5.